The summed E-state index contributed by atoms with van der Waals surface area (Å²) in [6, 6.07) is 4.66. The minimum absolute atomic E-state index is 0.164. The van der Waals surface area contributed by atoms with Crippen LogP contribution in [0.4, 0.5) is 11.4 Å². The number of hydrogen-bond acceptors (Lipinski definition) is 5. The number of carbonyl (C=O) groups is 2. The Morgan fingerprint density at radius 1 is 1.40 bits per heavy atom. The standard InChI is InChI=1S/C14H20N2O4/c1-3-16(8-4-5-13(17)20-2)12-7-6-10(14(18)19)9-11(12)15/h6-7,9H,3-5,8,15H2,1-2H3,(H,18,19). The van der Waals surface area contributed by atoms with Crippen LogP contribution in [0.15, 0.2) is 18.2 Å². The third kappa shape index (κ3) is 4.15. The van der Waals surface area contributed by atoms with Gasteiger partial charge in [-0.05, 0) is 31.5 Å². The van der Waals surface area contributed by atoms with Crippen LogP contribution < -0.4 is 10.6 Å². The molecule has 1 aromatic carbocycles. The van der Waals surface area contributed by atoms with Crippen LogP contribution in [0, 0.1) is 0 Å². The summed E-state index contributed by atoms with van der Waals surface area (Å²) in [7, 11) is 1.36. The maximum Gasteiger partial charge on any atom is 0.335 e. The van der Waals surface area contributed by atoms with E-state index in [0.717, 1.165) is 12.2 Å². The lowest BCUT2D eigenvalue weighted by Crippen LogP contribution is -2.25. The fourth-order valence-electron chi connectivity index (χ4n) is 1.94. The molecule has 110 valence electrons. The number of aromatic carboxylic acids is 1. The number of hydrogen-bond donors (Lipinski definition) is 2. The summed E-state index contributed by atoms with van der Waals surface area (Å²) >= 11 is 0. The third-order valence-electron chi connectivity index (χ3n) is 3.03. The Balaban J connectivity index is 2.74. The predicted molar refractivity (Wildman–Crippen MR) is 77.0 cm³/mol. The van der Waals surface area contributed by atoms with Gasteiger partial charge in [-0.3, -0.25) is 4.79 Å². The average Bonchev–Trinajstić information content (AvgIpc) is 2.43. The molecule has 0 atom stereocenters. The highest BCUT2D eigenvalue weighted by molar-refractivity contribution is 5.90. The van der Waals surface area contributed by atoms with Gasteiger partial charge >= 0.3 is 11.9 Å². The molecule has 3 N–H and O–H groups in total. The number of methoxy groups -OCH3 is 1. The molecule has 0 spiro atoms. The number of nitrogens with two attached hydrogens (primary N) is 1. The molecule has 0 aromatic heterocycles. The molecule has 0 unspecified atom stereocenters. The molecule has 0 saturated carbocycles. The second kappa shape index (κ2) is 7.37. The Hall–Kier alpha value is -2.24. The molecule has 0 bridgehead atoms. The number of rotatable bonds is 7. The Morgan fingerprint density at radius 2 is 2.10 bits per heavy atom. The summed E-state index contributed by atoms with van der Waals surface area (Å²) in [6.45, 7) is 3.35. The smallest absolute Gasteiger partial charge is 0.335 e. The summed E-state index contributed by atoms with van der Waals surface area (Å²) in [5.74, 6) is -1.24. The first-order valence-corrected chi connectivity index (χ1v) is 6.44. The first-order chi connectivity index (χ1) is 9.49. The molecule has 0 saturated heterocycles. The quantitative estimate of drug-likeness (QED) is 0.584. The van der Waals surface area contributed by atoms with Crippen LogP contribution in [0.2, 0.25) is 0 Å². The van der Waals surface area contributed by atoms with Crippen molar-refractivity contribution < 1.29 is 19.4 Å². The molecular formula is C14H20N2O4. The first-order valence-electron chi connectivity index (χ1n) is 6.44. The number of carbonyl (C=O) groups excluding carboxylic acids is 1. The molecule has 0 aliphatic rings. The zero-order chi connectivity index (χ0) is 15.1. The zero-order valence-corrected chi connectivity index (χ0v) is 11.8. The number of anilines is 2. The molecule has 20 heavy (non-hydrogen) atoms. The van der Waals surface area contributed by atoms with Gasteiger partial charge in [0.15, 0.2) is 0 Å². The minimum Gasteiger partial charge on any atom is -0.478 e. The van der Waals surface area contributed by atoms with E-state index in [4.69, 9.17) is 10.8 Å². The van der Waals surface area contributed by atoms with Crippen LogP contribution >= 0.6 is 0 Å². The van der Waals surface area contributed by atoms with E-state index in [1.54, 1.807) is 6.07 Å². The van der Waals surface area contributed by atoms with Crippen molar-refractivity contribution in [2.75, 3.05) is 30.8 Å². The molecule has 0 fully saturated rings. The fraction of sp³-hybridized carbons (Fsp3) is 0.429. The molecule has 0 aliphatic heterocycles. The van der Waals surface area contributed by atoms with Gasteiger partial charge in [0, 0.05) is 19.5 Å². The van der Waals surface area contributed by atoms with Gasteiger partial charge in [0.1, 0.15) is 0 Å². The highest BCUT2D eigenvalue weighted by atomic mass is 16.5. The Bertz CT molecular complexity index is 488. The van der Waals surface area contributed by atoms with Crippen LogP contribution in [-0.4, -0.2) is 37.2 Å². The van der Waals surface area contributed by atoms with Gasteiger partial charge in [0.05, 0.1) is 24.0 Å². The van der Waals surface area contributed by atoms with Gasteiger partial charge in [0.25, 0.3) is 0 Å². The maximum absolute atomic E-state index is 11.1. The molecule has 0 aliphatic carbocycles. The van der Waals surface area contributed by atoms with Crippen LogP contribution in [0.5, 0.6) is 0 Å². The van der Waals surface area contributed by atoms with Gasteiger partial charge in [-0.1, -0.05) is 0 Å². The molecule has 6 heteroatoms. The molecule has 6 nitrogen and oxygen atoms in total. The summed E-state index contributed by atoms with van der Waals surface area (Å²) in [6.07, 6.45) is 1.00. The second-order valence-corrected chi connectivity index (χ2v) is 4.34. The van der Waals surface area contributed by atoms with E-state index in [2.05, 4.69) is 4.74 Å². The van der Waals surface area contributed by atoms with E-state index in [0.29, 0.717) is 25.1 Å². The van der Waals surface area contributed by atoms with E-state index in [-0.39, 0.29) is 11.5 Å². The van der Waals surface area contributed by atoms with Gasteiger partial charge in [-0.15, -0.1) is 0 Å². The molecular weight excluding hydrogens is 260 g/mol. The fourth-order valence-corrected chi connectivity index (χ4v) is 1.94. The number of nitrogens with zero attached hydrogens (tertiary/aromatic N) is 1. The van der Waals surface area contributed by atoms with Crippen molar-refractivity contribution in [3.05, 3.63) is 23.8 Å². The van der Waals surface area contributed by atoms with Crippen LogP contribution in [0.1, 0.15) is 30.1 Å². The van der Waals surface area contributed by atoms with Crippen molar-refractivity contribution in [2.24, 2.45) is 0 Å². The molecule has 0 amide bonds. The summed E-state index contributed by atoms with van der Waals surface area (Å²) < 4.78 is 4.59. The number of benzene rings is 1. The van der Waals surface area contributed by atoms with Crippen molar-refractivity contribution in [3.8, 4) is 0 Å². The van der Waals surface area contributed by atoms with Crippen LogP contribution in [0.25, 0.3) is 0 Å². The van der Waals surface area contributed by atoms with E-state index in [1.807, 2.05) is 11.8 Å². The molecule has 0 heterocycles. The van der Waals surface area contributed by atoms with Crippen LogP contribution in [0.3, 0.4) is 0 Å². The number of nitrogen functional groups attached to an aromatic ring is 1. The van der Waals surface area contributed by atoms with Crippen molar-refractivity contribution in [3.63, 3.8) is 0 Å². The lowest BCUT2D eigenvalue weighted by Gasteiger charge is -2.24. The van der Waals surface area contributed by atoms with E-state index < -0.39 is 5.97 Å². The largest absolute Gasteiger partial charge is 0.478 e. The van der Waals surface area contributed by atoms with Gasteiger partial charge < -0.3 is 20.5 Å². The lowest BCUT2D eigenvalue weighted by atomic mass is 10.1. The predicted octanol–water partition coefficient (Wildman–Crippen LogP) is 1.75. The summed E-state index contributed by atoms with van der Waals surface area (Å²) in [4.78, 5) is 23.9. The lowest BCUT2D eigenvalue weighted by molar-refractivity contribution is -0.140. The van der Waals surface area contributed by atoms with Crippen LogP contribution in [-0.2, 0) is 9.53 Å². The summed E-state index contributed by atoms with van der Waals surface area (Å²) in [5.41, 5.74) is 7.26. The van der Waals surface area contributed by atoms with Gasteiger partial charge in [-0.2, -0.15) is 0 Å². The van der Waals surface area contributed by atoms with Gasteiger partial charge in [-0.25, -0.2) is 4.79 Å². The van der Waals surface area contributed by atoms with Crippen molar-refractivity contribution in [2.45, 2.75) is 19.8 Å². The number of carboxylic acids is 1. The average molecular weight is 280 g/mol. The van der Waals surface area contributed by atoms with Crippen molar-refractivity contribution >= 4 is 23.3 Å². The molecule has 0 radical (unpaired) electrons. The topological polar surface area (TPSA) is 92.9 Å². The van der Waals surface area contributed by atoms with Gasteiger partial charge in [0.2, 0.25) is 0 Å². The maximum atomic E-state index is 11.1. The number of carboxylic acid groups (broad SMARTS) is 1. The van der Waals surface area contributed by atoms with E-state index >= 15 is 0 Å². The molecule has 1 rings (SSSR count). The van der Waals surface area contributed by atoms with E-state index in [1.165, 1.54) is 19.2 Å². The highest BCUT2D eigenvalue weighted by Crippen LogP contribution is 2.24. The first kappa shape index (κ1) is 15.8. The SMILES string of the molecule is CCN(CCCC(=O)OC)c1ccc(C(=O)O)cc1N. The highest BCUT2D eigenvalue weighted by Gasteiger charge is 2.12. The Morgan fingerprint density at radius 3 is 2.60 bits per heavy atom. The Labute approximate surface area is 118 Å². The molecule has 1 aromatic rings. The summed E-state index contributed by atoms with van der Waals surface area (Å²) in [5, 5.41) is 8.91. The number of esters is 1. The Kier molecular flexibility index (Phi) is 5.83. The number of ether oxygens (including phenoxy) is 1. The van der Waals surface area contributed by atoms with Crippen molar-refractivity contribution in [1.82, 2.24) is 0 Å². The third-order valence-corrected chi connectivity index (χ3v) is 3.03. The van der Waals surface area contributed by atoms with Crippen molar-refractivity contribution in [1.29, 1.82) is 0 Å². The normalized spacial score (nSPS) is 10.1. The second-order valence-electron chi connectivity index (χ2n) is 4.34. The minimum atomic E-state index is -1.00. The zero-order valence-electron chi connectivity index (χ0n) is 11.8. The van der Waals surface area contributed by atoms with E-state index in [9.17, 15) is 9.59 Å². The monoisotopic (exact) mass is 280 g/mol.